The molecule has 0 radical (unpaired) electrons. The van der Waals surface area contributed by atoms with Crippen molar-refractivity contribution in [2.24, 2.45) is 5.92 Å². The molecule has 3 amide bonds. The molecular formula is C21H28ClN3O3. The number of nitrogens with zero attached hydrogens (tertiary/aromatic N) is 2. The molecule has 2 aliphatic heterocycles. The summed E-state index contributed by atoms with van der Waals surface area (Å²) in [5, 5.41) is 2.56. The monoisotopic (exact) mass is 405 g/mol. The first-order valence-corrected chi connectivity index (χ1v) is 10.4. The lowest BCUT2D eigenvalue weighted by molar-refractivity contribution is -0.132. The Labute approximate surface area is 171 Å². The number of nitrogens with one attached hydrogen (secondary N) is 1. The van der Waals surface area contributed by atoms with E-state index in [1.807, 2.05) is 37.3 Å². The van der Waals surface area contributed by atoms with E-state index in [2.05, 4.69) is 5.32 Å². The zero-order chi connectivity index (χ0) is 20.3. The van der Waals surface area contributed by atoms with E-state index in [1.54, 1.807) is 16.7 Å². The van der Waals surface area contributed by atoms with E-state index in [9.17, 15) is 14.4 Å². The van der Waals surface area contributed by atoms with Crippen molar-refractivity contribution in [3.05, 3.63) is 35.9 Å². The SMILES string of the molecule is CC(Cl)C(=O)N1CCC(NC(=O)C2CC(=O)N(C(C)c3ccccc3)C2)CC1. The first-order valence-electron chi connectivity index (χ1n) is 9.94. The predicted octanol–water partition coefficient (Wildman–Crippen LogP) is 2.33. The van der Waals surface area contributed by atoms with Crippen LogP contribution >= 0.6 is 11.6 Å². The summed E-state index contributed by atoms with van der Waals surface area (Å²) in [5.41, 5.74) is 1.07. The highest BCUT2D eigenvalue weighted by Gasteiger charge is 2.38. The minimum Gasteiger partial charge on any atom is -0.353 e. The highest BCUT2D eigenvalue weighted by atomic mass is 35.5. The van der Waals surface area contributed by atoms with Crippen LogP contribution in [0.3, 0.4) is 0 Å². The summed E-state index contributed by atoms with van der Waals surface area (Å²) in [4.78, 5) is 40.7. The number of amides is 3. The van der Waals surface area contributed by atoms with E-state index in [4.69, 9.17) is 11.6 Å². The average molecular weight is 406 g/mol. The molecule has 2 heterocycles. The molecule has 1 N–H and O–H groups in total. The molecule has 0 saturated carbocycles. The highest BCUT2D eigenvalue weighted by Crippen LogP contribution is 2.28. The van der Waals surface area contributed by atoms with Crippen LogP contribution in [0.15, 0.2) is 30.3 Å². The maximum absolute atomic E-state index is 12.7. The summed E-state index contributed by atoms with van der Waals surface area (Å²) in [6.07, 6.45) is 1.68. The second-order valence-electron chi connectivity index (χ2n) is 7.76. The van der Waals surface area contributed by atoms with Crippen LogP contribution in [0.25, 0.3) is 0 Å². The Morgan fingerprint density at radius 2 is 1.79 bits per heavy atom. The molecule has 2 fully saturated rings. The van der Waals surface area contributed by atoms with Gasteiger partial charge < -0.3 is 15.1 Å². The summed E-state index contributed by atoms with van der Waals surface area (Å²) in [6.45, 7) is 5.32. The molecule has 1 aromatic rings. The average Bonchev–Trinajstić information content (AvgIpc) is 3.10. The fraction of sp³-hybridized carbons (Fsp3) is 0.571. The highest BCUT2D eigenvalue weighted by molar-refractivity contribution is 6.30. The molecule has 2 aliphatic rings. The predicted molar refractivity (Wildman–Crippen MR) is 108 cm³/mol. The number of benzene rings is 1. The van der Waals surface area contributed by atoms with Crippen molar-refractivity contribution in [2.75, 3.05) is 19.6 Å². The molecular weight excluding hydrogens is 378 g/mol. The van der Waals surface area contributed by atoms with E-state index in [0.717, 1.165) is 5.56 Å². The van der Waals surface area contributed by atoms with Gasteiger partial charge in [-0.1, -0.05) is 30.3 Å². The summed E-state index contributed by atoms with van der Waals surface area (Å²) in [7, 11) is 0. The lowest BCUT2D eigenvalue weighted by atomic mass is 10.0. The summed E-state index contributed by atoms with van der Waals surface area (Å²) in [6, 6.07) is 9.86. The van der Waals surface area contributed by atoms with Crippen LogP contribution in [0, 0.1) is 5.92 Å². The van der Waals surface area contributed by atoms with Gasteiger partial charge >= 0.3 is 0 Å². The Morgan fingerprint density at radius 3 is 2.39 bits per heavy atom. The number of rotatable bonds is 5. The fourth-order valence-electron chi connectivity index (χ4n) is 4.01. The summed E-state index contributed by atoms with van der Waals surface area (Å²) >= 11 is 5.87. The van der Waals surface area contributed by atoms with Crippen molar-refractivity contribution in [3.8, 4) is 0 Å². The van der Waals surface area contributed by atoms with Crippen molar-refractivity contribution in [3.63, 3.8) is 0 Å². The van der Waals surface area contributed by atoms with Crippen molar-refractivity contribution >= 4 is 29.3 Å². The molecule has 6 nitrogen and oxygen atoms in total. The lowest BCUT2D eigenvalue weighted by Gasteiger charge is -2.33. The number of carbonyl (C=O) groups is 3. The normalized spacial score (nSPS) is 22.8. The van der Waals surface area contributed by atoms with Gasteiger partial charge in [-0.15, -0.1) is 11.6 Å². The van der Waals surface area contributed by atoms with E-state index >= 15 is 0 Å². The van der Waals surface area contributed by atoms with Gasteiger partial charge in [0.1, 0.15) is 5.38 Å². The van der Waals surface area contributed by atoms with Crippen LogP contribution in [-0.2, 0) is 14.4 Å². The fourth-order valence-corrected chi connectivity index (χ4v) is 4.15. The van der Waals surface area contributed by atoms with Gasteiger partial charge in [0.25, 0.3) is 0 Å². The third-order valence-electron chi connectivity index (χ3n) is 5.77. The molecule has 0 aliphatic carbocycles. The van der Waals surface area contributed by atoms with E-state index in [-0.39, 0.29) is 42.1 Å². The third-order valence-corrected chi connectivity index (χ3v) is 5.96. The minimum absolute atomic E-state index is 0.0213. The van der Waals surface area contributed by atoms with Gasteiger partial charge in [0.05, 0.1) is 12.0 Å². The zero-order valence-corrected chi connectivity index (χ0v) is 17.2. The maximum atomic E-state index is 12.7. The second kappa shape index (κ2) is 8.95. The number of piperidine rings is 1. The van der Waals surface area contributed by atoms with Gasteiger partial charge in [-0.25, -0.2) is 0 Å². The standard InChI is InChI=1S/C21H28ClN3O3/c1-14(22)21(28)24-10-8-18(9-11-24)23-20(27)17-12-19(26)25(13-17)15(2)16-6-4-3-5-7-16/h3-7,14-15,17-18H,8-13H2,1-2H3,(H,23,27). The smallest absolute Gasteiger partial charge is 0.240 e. The van der Waals surface area contributed by atoms with E-state index < -0.39 is 5.38 Å². The maximum Gasteiger partial charge on any atom is 0.240 e. The summed E-state index contributed by atoms with van der Waals surface area (Å²) < 4.78 is 0. The van der Waals surface area contributed by atoms with E-state index in [1.165, 1.54) is 0 Å². The number of hydrogen-bond acceptors (Lipinski definition) is 3. The number of alkyl halides is 1. The van der Waals surface area contributed by atoms with Gasteiger partial charge in [-0.05, 0) is 32.3 Å². The van der Waals surface area contributed by atoms with Gasteiger partial charge in [0, 0.05) is 32.1 Å². The Hall–Kier alpha value is -2.08. The minimum atomic E-state index is -0.520. The molecule has 0 spiro atoms. The molecule has 7 heteroatoms. The lowest BCUT2D eigenvalue weighted by Crippen LogP contribution is -2.49. The van der Waals surface area contributed by atoms with Crippen molar-refractivity contribution in [2.45, 2.75) is 50.6 Å². The Morgan fingerprint density at radius 1 is 1.14 bits per heavy atom. The molecule has 3 atom stereocenters. The van der Waals surface area contributed by atoms with Gasteiger partial charge in [0.2, 0.25) is 17.7 Å². The Kier molecular flexibility index (Phi) is 6.60. The van der Waals surface area contributed by atoms with Crippen molar-refractivity contribution in [1.29, 1.82) is 0 Å². The van der Waals surface area contributed by atoms with Gasteiger partial charge in [0.15, 0.2) is 0 Å². The van der Waals surface area contributed by atoms with Crippen LogP contribution in [-0.4, -0.2) is 58.6 Å². The number of hydrogen-bond donors (Lipinski definition) is 1. The third kappa shape index (κ3) is 4.66. The molecule has 2 saturated heterocycles. The quantitative estimate of drug-likeness (QED) is 0.764. The van der Waals surface area contributed by atoms with Gasteiger partial charge in [-0.3, -0.25) is 14.4 Å². The second-order valence-corrected chi connectivity index (χ2v) is 8.41. The first kappa shape index (κ1) is 20.6. The van der Waals surface area contributed by atoms with Crippen LogP contribution in [0.1, 0.15) is 44.7 Å². The zero-order valence-electron chi connectivity index (χ0n) is 16.4. The molecule has 3 rings (SSSR count). The number of carbonyl (C=O) groups excluding carboxylic acids is 3. The van der Waals surface area contributed by atoms with Crippen molar-refractivity contribution in [1.82, 2.24) is 15.1 Å². The van der Waals surface area contributed by atoms with Gasteiger partial charge in [-0.2, -0.15) is 0 Å². The topological polar surface area (TPSA) is 69.7 Å². The number of likely N-dealkylation sites (tertiary alicyclic amines) is 2. The molecule has 152 valence electrons. The largest absolute Gasteiger partial charge is 0.353 e. The molecule has 28 heavy (non-hydrogen) atoms. The molecule has 0 bridgehead atoms. The number of halogens is 1. The molecule has 3 unspecified atom stereocenters. The Bertz CT molecular complexity index is 717. The Balaban J connectivity index is 1.51. The van der Waals surface area contributed by atoms with E-state index in [0.29, 0.717) is 32.5 Å². The summed E-state index contributed by atoms with van der Waals surface area (Å²) in [5.74, 6) is -0.417. The van der Waals surface area contributed by atoms with Crippen molar-refractivity contribution < 1.29 is 14.4 Å². The van der Waals surface area contributed by atoms with Crippen LogP contribution in [0.5, 0.6) is 0 Å². The van der Waals surface area contributed by atoms with Crippen LogP contribution in [0.4, 0.5) is 0 Å². The van der Waals surface area contributed by atoms with Crippen LogP contribution < -0.4 is 5.32 Å². The molecule has 1 aromatic carbocycles. The first-order chi connectivity index (χ1) is 13.4. The molecule has 0 aromatic heterocycles. The van der Waals surface area contributed by atoms with Crippen LogP contribution in [0.2, 0.25) is 0 Å².